The summed E-state index contributed by atoms with van der Waals surface area (Å²) in [5.41, 5.74) is 1.97. The Morgan fingerprint density at radius 3 is 3.10 bits per heavy atom. The summed E-state index contributed by atoms with van der Waals surface area (Å²) in [4.78, 5) is 14.1. The van der Waals surface area contributed by atoms with Crippen molar-refractivity contribution in [1.29, 1.82) is 0 Å². The van der Waals surface area contributed by atoms with Crippen molar-refractivity contribution in [2.45, 2.75) is 19.1 Å². The molecule has 0 N–H and O–H groups in total. The van der Waals surface area contributed by atoms with Gasteiger partial charge in [-0.05, 0) is 23.8 Å². The number of fused-ring (bicyclic) bond motifs is 1. The summed E-state index contributed by atoms with van der Waals surface area (Å²) in [5, 5.41) is 4.76. The van der Waals surface area contributed by atoms with E-state index in [9.17, 15) is 4.79 Å². The van der Waals surface area contributed by atoms with Gasteiger partial charge in [0, 0.05) is 43.8 Å². The van der Waals surface area contributed by atoms with E-state index in [1.807, 2.05) is 25.4 Å². The predicted octanol–water partition coefficient (Wildman–Crippen LogP) is 2.04. The molecule has 1 aliphatic rings. The average Bonchev–Trinajstić information content (AvgIpc) is 3.03. The highest BCUT2D eigenvalue weighted by molar-refractivity contribution is 6.30. The number of ether oxygens (including phenoxy) is 1. The van der Waals surface area contributed by atoms with Crippen molar-refractivity contribution < 1.29 is 9.53 Å². The van der Waals surface area contributed by atoms with Crippen molar-refractivity contribution in [3.8, 4) is 5.75 Å². The number of halogens is 1. The quantitative estimate of drug-likeness (QED) is 0.872. The number of hydrogen-bond acceptors (Lipinski definition) is 3. The molecule has 0 radical (unpaired) electrons. The first-order valence-corrected chi connectivity index (χ1v) is 7.08. The van der Waals surface area contributed by atoms with Gasteiger partial charge in [-0.15, -0.1) is 0 Å². The van der Waals surface area contributed by atoms with Crippen LogP contribution in [0.5, 0.6) is 5.75 Å². The Labute approximate surface area is 128 Å². The van der Waals surface area contributed by atoms with E-state index < -0.39 is 6.10 Å². The zero-order chi connectivity index (χ0) is 15.0. The number of benzene rings is 1. The first-order valence-electron chi connectivity index (χ1n) is 6.70. The largest absolute Gasteiger partial charge is 0.480 e. The van der Waals surface area contributed by atoms with Gasteiger partial charge >= 0.3 is 0 Å². The lowest BCUT2D eigenvalue weighted by Crippen LogP contribution is -2.38. The number of hydrogen-bond donors (Lipinski definition) is 0. The topological polar surface area (TPSA) is 47.4 Å². The normalized spacial score (nSPS) is 16.4. The Balaban J connectivity index is 1.66. The third-order valence-corrected chi connectivity index (χ3v) is 3.76. The van der Waals surface area contributed by atoms with Crippen LogP contribution in [0.1, 0.15) is 11.1 Å². The average molecular weight is 306 g/mol. The number of likely N-dealkylation sites (N-methyl/N-ethyl adjacent to an activating group) is 1. The summed E-state index contributed by atoms with van der Waals surface area (Å²) in [6.45, 7) is 0.517. The minimum absolute atomic E-state index is 0.0359. The summed E-state index contributed by atoms with van der Waals surface area (Å²) in [5.74, 6) is 0.707. The maximum absolute atomic E-state index is 12.5. The molecule has 1 aliphatic heterocycles. The first-order chi connectivity index (χ1) is 10.0. The molecular weight excluding hydrogens is 290 g/mol. The standard InChI is InChI=1S/C15H16ClN3O2/c1-18(8-10-7-17-19(2)9-10)15(20)14-6-11-5-12(16)3-4-13(11)21-14/h3-5,7,9,14H,6,8H2,1-2H3/t14-/m0/s1. The fourth-order valence-corrected chi connectivity index (χ4v) is 2.70. The lowest BCUT2D eigenvalue weighted by molar-refractivity contribution is -0.137. The van der Waals surface area contributed by atoms with Gasteiger partial charge in [-0.2, -0.15) is 5.10 Å². The van der Waals surface area contributed by atoms with Crippen LogP contribution in [0, 0.1) is 0 Å². The van der Waals surface area contributed by atoms with E-state index >= 15 is 0 Å². The monoisotopic (exact) mass is 305 g/mol. The second kappa shape index (κ2) is 5.41. The maximum Gasteiger partial charge on any atom is 0.264 e. The zero-order valence-corrected chi connectivity index (χ0v) is 12.7. The molecule has 21 heavy (non-hydrogen) atoms. The van der Waals surface area contributed by atoms with Crippen molar-refractivity contribution in [2.75, 3.05) is 7.05 Å². The highest BCUT2D eigenvalue weighted by Crippen LogP contribution is 2.31. The highest BCUT2D eigenvalue weighted by Gasteiger charge is 2.31. The van der Waals surface area contributed by atoms with Gasteiger partial charge in [0.15, 0.2) is 6.10 Å². The van der Waals surface area contributed by atoms with Gasteiger partial charge in [0.2, 0.25) is 0 Å². The lowest BCUT2D eigenvalue weighted by Gasteiger charge is -2.20. The Morgan fingerprint density at radius 2 is 2.38 bits per heavy atom. The van der Waals surface area contributed by atoms with Gasteiger partial charge in [-0.25, -0.2) is 0 Å². The molecule has 5 nitrogen and oxygen atoms in total. The van der Waals surface area contributed by atoms with Crippen molar-refractivity contribution in [3.05, 3.63) is 46.7 Å². The molecule has 0 fully saturated rings. The zero-order valence-electron chi connectivity index (χ0n) is 11.9. The molecular formula is C15H16ClN3O2. The molecule has 1 atom stereocenters. The van der Waals surface area contributed by atoms with E-state index in [-0.39, 0.29) is 5.91 Å². The van der Waals surface area contributed by atoms with E-state index in [2.05, 4.69) is 5.10 Å². The molecule has 0 aliphatic carbocycles. The molecule has 0 saturated heterocycles. The van der Waals surface area contributed by atoms with Crippen LogP contribution in [0.4, 0.5) is 0 Å². The summed E-state index contributed by atoms with van der Waals surface area (Å²) in [6.07, 6.45) is 3.74. The second-order valence-corrected chi connectivity index (χ2v) is 5.72. The van der Waals surface area contributed by atoms with Crippen LogP contribution in [-0.4, -0.2) is 33.7 Å². The second-order valence-electron chi connectivity index (χ2n) is 5.28. The number of carbonyl (C=O) groups excluding carboxylic acids is 1. The number of aryl methyl sites for hydroxylation is 1. The van der Waals surface area contributed by atoms with Crippen molar-refractivity contribution >= 4 is 17.5 Å². The van der Waals surface area contributed by atoms with E-state index in [0.29, 0.717) is 18.0 Å². The van der Waals surface area contributed by atoms with Crippen LogP contribution >= 0.6 is 11.6 Å². The van der Waals surface area contributed by atoms with Gasteiger partial charge in [0.25, 0.3) is 5.91 Å². The molecule has 2 heterocycles. The Bertz CT molecular complexity index is 683. The van der Waals surface area contributed by atoms with E-state index in [1.54, 1.807) is 28.9 Å². The maximum atomic E-state index is 12.5. The van der Waals surface area contributed by atoms with Crippen LogP contribution in [0.25, 0.3) is 0 Å². The molecule has 110 valence electrons. The van der Waals surface area contributed by atoms with Gasteiger partial charge in [0.1, 0.15) is 5.75 Å². The predicted molar refractivity (Wildman–Crippen MR) is 79.3 cm³/mol. The van der Waals surface area contributed by atoms with Gasteiger partial charge in [-0.1, -0.05) is 11.6 Å². The Kier molecular flexibility index (Phi) is 3.59. The molecule has 0 unspecified atom stereocenters. The summed E-state index contributed by atoms with van der Waals surface area (Å²) in [6, 6.07) is 5.43. The van der Waals surface area contributed by atoms with E-state index in [0.717, 1.165) is 16.9 Å². The van der Waals surface area contributed by atoms with Crippen LogP contribution in [0.3, 0.4) is 0 Å². The number of aromatic nitrogens is 2. The van der Waals surface area contributed by atoms with Crippen LogP contribution in [0.2, 0.25) is 5.02 Å². The highest BCUT2D eigenvalue weighted by atomic mass is 35.5. The van der Waals surface area contributed by atoms with Crippen molar-refractivity contribution in [3.63, 3.8) is 0 Å². The molecule has 0 spiro atoms. The van der Waals surface area contributed by atoms with Crippen LogP contribution in [-0.2, 0) is 24.8 Å². The van der Waals surface area contributed by atoms with Crippen LogP contribution < -0.4 is 4.74 Å². The van der Waals surface area contributed by atoms with Gasteiger partial charge in [0.05, 0.1) is 6.20 Å². The Hall–Kier alpha value is -2.01. The van der Waals surface area contributed by atoms with Gasteiger partial charge in [-0.3, -0.25) is 9.48 Å². The van der Waals surface area contributed by atoms with Crippen molar-refractivity contribution in [1.82, 2.24) is 14.7 Å². The summed E-state index contributed by atoms with van der Waals surface area (Å²) >= 11 is 5.96. The minimum Gasteiger partial charge on any atom is -0.480 e. The SMILES string of the molecule is CN(Cc1cnn(C)c1)C(=O)[C@@H]1Cc2cc(Cl)ccc2O1. The number of rotatable bonds is 3. The number of amides is 1. The van der Waals surface area contributed by atoms with Gasteiger partial charge < -0.3 is 9.64 Å². The molecule has 1 aromatic carbocycles. The third kappa shape index (κ3) is 2.88. The van der Waals surface area contributed by atoms with E-state index in [1.165, 1.54) is 0 Å². The minimum atomic E-state index is -0.472. The number of nitrogens with zero attached hydrogens (tertiary/aromatic N) is 3. The molecule has 2 aromatic rings. The lowest BCUT2D eigenvalue weighted by atomic mass is 10.1. The molecule has 0 saturated carbocycles. The molecule has 6 heteroatoms. The van der Waals surface area contributed by atoms with E-state index in [4.69, 9.17) is 16.3 Å². The number of carbonyl (C=O) groups is 1. The smallest absolute Gasteiger partial charge is 0.264 e. The first kappa shape index (κ1) is 13.9. The molecule has 1 aromatic heterocycles. The fraction of sp³-hybridized carbons (Fsp3) is 0.333. The summed E-state index contributed by atoms with van der Waals surface area (Å²) < 4.78 is 7.44. The molecule has 0 bridgehead atoms. The van der Waals surface area contributed by atoms with Crippen molar-refractivity contribution in [2.24, 2.45) is 7.05 Å². The summed E-state index contributed by atoms with van der Waals surface area (Å²) in [7, 11) is 3.63. The third-order valence-electron chi connectivity index (χ3n) is 3.53. The molecule has 3 rings (SSSR count). The molecule has 1 amide bonds. The Morgan fingerprint density at radius 1 is 1.57 bits per heavy atom. The van der Waals surface area contributed by atoms with Crippen LogP contribution in [0.15, 0.2) is 30.6 Å². The fourth-order valence-electron chi connectivity index (χ4n) is 2.51.